The van der Waals surface area contributed by atoms with E-state index < -0.39 is 21.8 Å². The van der Waals surface area contributed by atoms with Gasteiger partial charge in [-0.05, 0) is 18.9 Å². The average Bonchev–Trinajstić information content (AvgIpc) is 2.48. The van der Waals surface area contributed by atoms with Gasteiger partial charge in [0.2, 0.25) is 5.91 Å². The van der Waals surface area contributed by atoms with E-state index in [-0.39, 0.29) is 37.0 Å². The molecule has 1 heterocycles. The lowest BCUT2D eigenvalue weighted by Gasteiger charge is -2.31. The Bertz CT molecular complexity index is 689. The Labute approximate surface area is 134 Å². The van der Waals surface area contributed by atoms with E-state index in [9.17, 15) is 22.0 Å². The first-order valence-corrected chi connectivity index (χ1v) is 8.65. The zero-order valence-electron chi connectivity index (χ0n) is 12.7. The molecule has 1 saturated heterocycles. The number of rotatable bonds is 4. The second-order valence-electron chi connectivity index (χ2n) is 5.65. The van der Waals surface area contributed by atoms with E-state index in [1.165, 1.54) is 18.0 Å². The predicted molar refractivity (Wildman–Crippen MR) is 80.2 cm³/mol. The van der Waals surface area contributed by atoms with Crippen molar-refractivity contribution in [1.82, 2.24) is 9.21 Å². The van der Waals surface area contributed by atoms with Gasteiger partial charge in [0.15, 0.2) is 0 Å². The van der Waals surface area contributed by atoms with Gasteiger partial charge in [-0.15, -0.1) is 0 Å². The van der Waals surface area contributed by atoms with Gasteiger partial charge < -0.3 is 4.90 Å². The van der Waals surface area contributed by atoms with Crippen LogP contribution in [-0.4, -0.2) is 43.7 Å². The fourth-order valence-corrected chi connectivity index (χ4v) is 3.37. The van der Waals surface area contributed by atoms with Gasteiger partial charge in [0.1, 0.15) is 11.6 Å². The third-order valence-corrected chi connectivity index (χ3v) is 5.05. The standard InChI is InChI=1S/C14H19F2N3O3S/c1-18(9-11-2-3-12(15)8-13(11)16)14(20)10-4-6-19(7-5-10)23(17,21)22/h2-3,8,10H,4-7,9H2,1H3,(H2,17,21,22). The highest BCUT2D eigenvalue weighted by atomic mass is 32.2. The molecule has 0 atom stereocenters. The van der Waals surface area contributed by atoms with Gasteiger partial charge in [0, 0.05) is 44.2 Å². The minimum absolute atomic E-state index is 0.0281. The van der Waals surface area contributed by atoms with Crippen molar-refractivity contribution in [3.8, 4) is 0 Å². The Morgan fingerprint density at radius 3 is 2.48 bits per heavy atom. The number of carbonyl (C=O) groups is 1. The van der Waals surface area contributed by atoms with Gasteiger partial charge in [0.25, 0.3) is 10.2 Å². The molecule has 1 fully saturated rings. The van der Waals surface area contributed by atoms with Crippen molar-refractivity contribution in [3.05, 3.63) is 35.4 Å². The summed E-state index contributed by atoms with van der Waals surface area (Å²) in [5.74, 6) is -1.89. The molecule has 0 radical (unpaired) electrons. The van der Waals surface area contributed by atoms with Crippen LogP contribution in [0.2, 0.25) is 0 Å². The maximum absolute atomic E-state index is 13.6. The lowest BCUT2D eigenvalue weighted by molar-refractivity contribution is -0.136. The lowest BCUT2D eigenvalue weighted by Crippen LogP contribution is -2.45. The van der Waals surface area contributed by atoms with Gasteiger partial charge in [-0.2, -0.15) is 12.7 Å². The van der Waals surface area contributed by atoms with E-state index in [1.807, 2.05) is 0 Å². The van der Waals surface area contributed by atoms with Gasteiger partial charge in [-0.3, -0.25) is 4.79 Å². The molecule has 0 aliphatic carbocycles. The van der Waals surface area contributed by atoms with Crippen LogP contribution < -0.4 is 5.14 Å². The van der Waals surface area contributed by atoms with Crippen molar-refractivity contribution >= 4 is 16.1 Å². The minimum Gasteiger partial charge on any atom is -0.341 e. The van der Waals surface area contributed by atoms with Gasteiger partial charge in [-0.1, -0.05) is 6.07 Å². The van der Waals surface area contributed by atoms with Crippen LogP contribution in [0.1, 0.15) is 18.4 Å². The molecule has 0 unspecified atom stereocenters. The highest BCUT2D eigenvalue weighted by Crippen LogP contribution is 2.21. The summed E-state index contributed by atoms with van der Waals surface area (Å²) in [6, 6.07) is 3.22. The smallest absolute Gasteiger partial charge is 0.276 e. The minimum atomic E-state index is -3.73. The molecule has 1 aromatic carbocycles. The van der Waals surface area contributed by atoms with Crippen molar-refractivity contribution in [3.63, 3.8) is 0 Å². The highest BCUT2D eigenvalue weighted by Gasteiger charge is 2.30. The first-order chi connectivity index (χ1) is 10.7. The van der Waals surface area contributed by atoms with Crippen LogP contribution in [0.4, 0.5) is 8.78 Å². The zero-order valence-corrected chi connectivity index (χ0v) is 13.5. The maximum atomic E-state index is 13.6. The molecule has 0 saturated carbocycles. The fourth-order valence-electron chi connectivity index (χ4n) is 2.65. The number of nitrogens with zero attached hydrogens (tertiary/aromatic N) is 2. The third kappa shape index (κ3) is 4.46. The number of hydrogen-bond donors (Lipinski definition) is 1. The average molecular weight is 347 g/mol. The number of benzene rings is 1. The third-order valence-electron chi connectivity index (χ3n) is 3.96. The summed E-state index contributed by atoms with van der Waals surface area (Å²) in [5, 5.41) is 5.05. The molecular formula is C14H19F2N3O3S. The van der Waals surface area contributed by atoms with E-state index in [1.54, 1.807) is 0 Å². The number of piperidine rings is 1. The molecule has 0 aromatic heterocycles. The summed E-state index contributed by atoms with van der Waals surface area (Å²) in [6.45, 7) is 0.405. The summed E-state index contributed by atoms with van der Waals surface area (Å²) >= 11 is 0. The molecule has 1 aliphatic heterocycles. The molecule has 2 N–H and O–H groups in total. The van der Waals surface area contributed by atoms with E-state index in [2.05, 4.69) is 0 Å². The molecular weight excluding hydrogens is 328 g/mol. The van der Waals surface area contributed by atoms with Crippen molar-refractivity contribution in [2.24, 2.45) is 11.1 Å². The Hall–Kier alpha value is -1.58. The topological polar surface area (TPSA) is 83.7 Å². The SMILES string of the molecule is CN(Cc1ccc(F)cc1F)C(=O)C1CCN(S(N)(=O)=O)CC1. The van der Waals surface area contributed by atoms with Gasteiger partial charge in [0.05, 0.1) is 0 Å². The van der Waals surface area contributed by atoms with E-state index in [0.717, 1.165) is 16.4 Å². The van der Waals surface area contributed by atoms with Crippen LogP contribution in [0.5, 0.6) is 0 Å². The summed E-state index contributed by atoms with van der Waals surface area (Å²) in [6.07, 6.45) is 0.733. The molecule has 23 heavy (non-hydrogen) atoms. The van der Waals surface area contributed by atoms with Crippen LogP contribution in [0.25, 0.3) is 0 Å². The van der Waals surface area contributed by atoms with Crippen LogP contribution in [0.15, 0.2) is 18.2 Å². The van der Waals surface area contributed by atoms with Crippen molar-refractivity contribution in [1.29, 1.82) is 0 Å². The van der Waals surface area contributed by atoms with Crippen molar-refractivity contribution in [2.75, 3.05) is 20.1 Å². The summed E-state index contributed by atoms with van der Waals surface area (Å²) < 4.78 is 50.1. The Balaban J connectivity index is 1.95. The summed E-state index contributed by atoms with van der Waals surface area (Å²) in [7, 11) is -2.19. The molecule has 6 nitrogen and oxygen atoms in total. The van der Waals surface area contributed by atoms with Crippen LogP contribution in [0.3, 0.4) is 0 Å². The van der Waals surface area contributed by atoms with Crippen molar-refractivity contribution in [2.45, 2.75) is 19.4 Å². The Morgan fingerprint density at radius 1 is 1.35 bits per heavy atom. The number of nitrogens with two attached hydrogens (primary N) is 1. The van der Waals surface area contributed by atoms with Crippen LogP contribution >= 0.6 is 0 Å². The summed E-state index contributed by atoms with van der Waals surface area (Å²) in [5.41, 5.74) is 0.226. The fraction of sp³-hybridized carbons (Fsp3) is 0.500. The van der Waals surface area contributed by atoms with Crippen molar-refractivity contribution < 1.29 is 22.0 Å². The van der Waals surface area contributed by atoms with Crippen LogP contribution in [-0.2, 0) is 21.5 Å². The first kappa shape index (κ1) is 17.8. The number of halogens is 2. The lowest BCUT2D eigenvalue weighted by atomic mass is 9.96. The van der Waals surface area contributed by atoms with Gasteiger partial charge in [-0.25, -0.2) is 13.9 Å². The largest absolute Gasteiger partial charge is 0.341 e. The van der Waals surface area contributed by atoms with Crippen LogP contribution in [0, 0.1) is 17.6 Å². The molecule has 0 bridgehead atoms. The first-order valence-electron chi connectivity index (χ1n) is 7.15. The second-order valence-corrected chi connectivity index (χ2v) is 7.19. The molecule has 0 spiro atoms. The normalized spacial score (nSPS) is 17.2. The molecule has 1 amide bonds. The highest BCUT2D eigenvalue weighted by molar-refractivity contribution is 7.86. The second kappa shape index (κ2) is 6.90. The Kier molecular flexibility index (Phi) is 5.33. The predicted octanol–water partition coefficient (Wildman–Crippen LogP) is 0.839. The number of carbonyl (C=O) groups excluding carboxylic acids is 1. The van der Waals surface area contributed by atoms with E-state index >= 15 is 0 Å². The van der Waals surface area contributed by atoms with E-state index in [0.29, 0.717) is 12.8 Å². The number of amides is 1. The number of hydrogen-bond acceptors (Lipinski definition) is 3. The molecule has 1 aromatic rings. The Morgan fingerprint density at radius 2 is 1.96 bits per heavy atom. The zero-order chi connectivity index (χ0) is 17.2. The molecule has 128 valence electrons. The maximum Gasteiger partial charge on any atom is 0.276 e. The van der Waals surface area contributed by atoms with E-state index in [4.69, 9.17) is 5.14 Å². The quantitative estimate of drug-likeness (QED) is 0.876. The van der Waals surface area contributed by atoms with Gasteiger partial charge >= 0.3 is 0 Å². The monoisotopic (exact) mass is 347 g/mol. The summed E-state index contributed by atoms with van der Waals surface area (Å²) in [4.78, 5) is 13.7. The molecule has 9 heteroatoms. The molecule has 2 rings (SSSR count). The molecule has 1 aliphatic rings.